The number of aliphatic carboxylic acids is 1. The third-order valence-electron chi connectivity index (χ3n) is 2.76. The van der Waals surface area contributed by atoms with Crippen LogP contribution in [0, 0.1) is 0 Å². The van der Waals surface area contributed by atoms with Gasteiger partial charge in [0.15, 0.2) is 0 Å². The van der Waals surface area contributed by atoms with Crippen molar-refractivity contribution in [3.05, 3.63) is 42.5 Å². The molecule has 1 unspecified atom stereocenters. The summed E-state index contributed by atoms with van der Waals surface area (Å²) < 4.78 is 1.68. The number of carbonyl (C=O) groups excluding carboxylic acids is 1. The Morgan fingerprint density at radius 2 is 2.05 bits per heavy atom. The fourth-order valence-electron chi connectivity index (χ4n) is 1.71. The van der Waals surface area contributed by atoms with Crippen molar-refractivity contribution in [1.82, 2.24) is 14.8 Å². The summed E-state index contributed by atoms with van der Waals surface area (Å²) in [6, 6.07) is 6.03. The summed E-state index contributed by atoms with van der Waals surface area (Å²) in [6.45, 7) is 0.576. The van der Waals surface area contributed by atoms with Gasteiger partial charge in [-0.05, 0) is 17.7 Å². The van der Waals surface area contributed by atoms with Gasteiger partial charge in [-0.1, -0.05) is 12.1 Å². The maximum atomic E-state index is 11.7. The van der Waals surface area contributed by atoms with Gasteiger partial charge < -0.3 is 16.2 Å². The van der Waals surface area contributed by atoms with E-state index in [0.717, 1.165) is 5.56 Å². The lowest BCUT2D eigenvalue weighted by atomic mass is 10.2. The van der Waals surface area contributed by atoms with Crippen molar-refractivity contribution in [3.63, 3.8) is 0 Å². The Labute approximate surface area is 120 Å². The summed E-state index contributed by atoms with van der Waals surface area (Å²) in [4.78, 5) is 26.0. The summed E-state index contributed by atoms with van der Waals surface area (Å²) in [5.41, 5.74) is 7.03. The number of rotatable bonds is 6. The Bertz CT molecular complexity index is 609. The van der Waals surface area contributed by atoms with Crippen molar-refractivity contribution >= 4 is 17.6 Å². The standard InChI is InChI=1S/C13H15N5O3/c14-11(5-12(19)20)13(21)17-10-3-1-9(2-4-10)6-18-8-15-7-16-18/h1-4,7-8,11H,5-6,14H2,(H,17,21)(H,19,20). The number of nitrogens with one attached hydrogen (secondary N) is 1. The summed E-state index contributed by atoms with van der Waals surface area (Å²) >= 11 is 0. The minimum Gasteiger partial charge on any atom is -0.481 e. The molecule has 1 atom stereocenters. The molecule has 0 aliphatic rings. The van der Waals surface area contributed by atoms with Crippen LogP contribution in [-0.2, 0) is 16.1 Å². The summed E-state index contributed by atoms with van der Waals surface area (Å²) in [5, 5.41) is 15.2. The molecule has 8 heteroatoms. The average molecular weight is 289 g/mol. The highest BCUT2D eigenvalue weighted by Crippen LogP contribution is 2.11. The zero-order valence-electron chi connectivity index (χ0n) is 11.1. The van der Waals surface area contributed by atoms with Crippen molar-refractivity contribution < 1.29 is 14.7 Å². The topological polar surface area (TPSA) is 123 Å². The minimum atomic E-state index is -1.11. The Kier molecular flexibility index (Phi) is 4.62. The highest BCUT2D eigenvalue weighted by Gasteiger charge is 2.16. The second-order valence-corrected chi connectivity index (χ2v) is 4.48. The Morgan fingerprint density at radius 3 is 2.62 bits per heavy atom. The van der Waals surface area contributed by atoms with Crippen molar-refractivity contribution in [2.45, 2.75) is 19.0 Å². The van der Waals surface area contributed by atoms with Gasteiger partial charge in [0.1, 0.15) is 12.7 Å². The molecule has 0 radical (unpaired) electrons. The number of carboxylic acids is 1. The molecule has 1 aromatic carbocycles. The molecule has 8 nitrogen and oxygen atoms in total. The minimum absolute atomic E-state index is 0.407. The van der Waals surface area contributed by atoms with E-state index >= 15 is 0 Å². The van der Waals surface area contributed by atoms with Gasteiger partial charge in [0.2, 0.25) is 5.91 Å². The monoisotopic (exact) mass is 289 g/mol. The molecule has 0 fully saturated rings. The van der Waals surface area contributed by atoms with Gasteiger partial charge in [-0.2, -0.15) is 5.10 Å². The molecular weight excluding hydrogens is 274 g/mol. The number of amides is 1. The number of carboxylic acid groups (broad SMARTS) is 1. The van der Waals surface area contributed by atoms with Crippen LogP contribution in [0.3, 0.4) is 0 Å². The molecule has 4 N–H and O–H groups in total. The first kappa shape index (κ1) is 14.7. The lowest BCUT2D eigenvalue weighted by Crippen LogP contribution is -2.37. The van der Waals surface area contributed by atoms with Crippen molar-refractivity contribution in [2.24, 2.45) is 5.73 Å². The van der Waals surface area contributed by atoms with Crippen LogP contribution in [0.4, 0.5) is 5.69 Å². The number of aromatic nitrogens is 3. The first-order valence-corrected chi connectivity index (χ1v) is 6.24. The number of anilines is 1. The van der Waals surface area contributed by atoms with Gasteiger partial charge in [0, 0.05) is 5.69 Å². The van der Waals surface area contributed by atoms with Gasteiger partial charge in [-0.25, -0.2) is 9.67 Å². The molecule has 110 valence electrons. The summed E-state index contributed by atoms with van der Waals surface area (Å²) in [6.07, 6.45) is 2.66. The van der Waals surface area contributed by atoms with Crippen molar-refractivity contribution in [1.29, 1.82) is 0 Å². The Balaban J connectivity index is 1.93. The molecule has 0 aliphatic heterocycles. The van der Waals surface area contributed by atoms with Crippen LogP contribution in [-0.4, -0.2) is 37.8 Å². The van der Waals surface area contributed by atoms with Crippen molar-refractivity contribution in [3.8, 4) is 0 Å². The van der Waals surface area contributed by atoms with Crippen LogP contribution in [0.25, 0.3) is 0 Å². The van der Waals surface area contributed by atoms with Gasteiger partial charge in [0.25, 0.3) is 0 Å². The number of nitrogens with zero attached hydrogens (tertiary/aromatic N) is 3. The molecular formula is C13H15N5O3. The van der Waals surface area contributed by atoms with Crippen LogP contribution in [0.1, 0.15) is 12.0 Å². The summed E-state index contributed by atoms with van der Waals surface area (Å²) in [5.74, 6) is -1.64. The normalized spacial score (nSPS) is 11.9. The zero-order chi connectivity index (χ0) is 15.2. The molecule has 0 spiro atoms. The molecule has 0 saturated heterocycles. The van der Waals surface area contributed by atoms with Crippen LogP contribution < -0.4 is 11.1 Å². The smallest absolute Gasteiger partial charge is 0.305 e. The van der Waals surface area contributed by atoms with E-state index < -0.39 is 24.3 Å². The van der Waals surface area contributed by atoms with Crippen LogP contribution >= 0.6 is 0 Å². The van der Waals surface area contributed by atoms with E-state index in [1.807, 2.05) is 12.1 Å². The van der Waals surface area contributed by atoms with Gasteiger partial charge in [-0.15, -0.1) is 0 Å². The Hall–Kier alpha value is -2.74. The third-order valence-corrected chi connectivity index (χ3v) is 2.76. The largest absolute Gasteiger partial charge is 0.481 e. The number of benzene rings is 1. The molecule has 0 bridgehead atoms. The summed E-state index contributed by atoms with van der Waals surface area (Å²) in [7, 11) is 0. The molecule has 0 saturated carbocycles. The second kappa shape index (κ2) is 6.62. The maximum Gasteiger partial charge on any atom is 0.305 e. The lowest BCUT2D eigenvalue weighted by Gasteiger charge is -2.10. The number of hydrogen-bond donors (Lipinski definition) is 3. The van der Waals surface area contributed by atoms with E-state index in [1.54, 1.807) is 23.1 Å². The van der Waals surface area contributed by atoms with E-state index in [2.05, 4.69) is 15.4 Å². The van der Waals surface area contributed by atoms with Crippen LogP contribution in [0.5, 0.6) is 0 Å². The van der Waals surface area contributed by atoms with Crippen molar-refractivity contribution in [2.75, 3.05) is 5.32 Å². The van der Waals surface area contributed by atoms with Gasteiger partial charge in [-0.3, -0.25) is 9.59 Å². The molecule has 1 aromatic heterocycles. The highest BCUT2D eigenvalue weighted by molar-refractivity contribution is 5.96. The lowest BCUT2D eigenvalue weighted by molar-refractivity contribution is -0.138. The first-order valence-electron chi connectivity index (χ1n) is 6.24. The fourth-order valence-corrected chi connectivity index (χ4v) is 1.71. The second-order valence-electron chi connectivity index (χ2n) is 4.48. The Morgan fingerprint density at radius 1 is 1.33 bits per heavy atom. The van der Waals surface area contributed by atoms with E-state index in [0.29, 0.717) is 12.2 Å². The number of carbonyl (C=O) groups is 2. The quantitative estimate of drug-likeness (QED) is 0.691. The predicted molar refractivity (Wildman–Crippen MR) is 74.4 cm³/mol. The number of nitrogens with two attached hydrogens (primary N) is 1. The zero-order valence-corrected chi connectivity index (χ0v) is 11.1. The highest BCUT2D eigenvalue weighted by atomic mass is 16.4. The number of hydrogen-bond acceptors (Lipinski definition) is 5. The SMILES string of the molecule is NC(CC(=O)O)C(=O)Nc1ccc(Cn2cncn2)cc1. The fraction of sp³-hybridized carbons (Fsp3) is 0.231. The first-order chi connectivity index (χ1) is 10.0. The van der Waals surface area contributed by atoms with E-state index in [-0.39, 0.29) is 0 Å². The predicted octanol–water partition coefficient (Wildman–Crippen LogP) is 0.0669. The van der Waals surface area contributed by atoms with Gasteiger partial charge >= 0.3 is 5.97 Å². The maximum absolute atomic E-state index is 11.7. The van der Waals surface area contributed by atoms with Crippen LogP contribution in [0.15, 0.2) is 36.9 Å². The molecule has 2 rings (SSSR count). The van der Waals surface area contributed by atoms with E-state index in [9.17, 15) is 9.59 Å². The molecule has 1 amide bonds. The average Bonchev–Trinajstić information content (AvgIpc) is 2.93. The molecule has 2 aromatic rings. The van der Waals surface area contributed by atoms with E-state index in [1.165, 1.54) is 6.33 Å². The molecule has 21 heavy (non-hydrogen) atoms. The molecule has 0 aliphatic carbocycles. The third kappa shape index (κ3) is 4.39. The van der Waals surface area contributed by atoms with Gasteiger partial charge in [0.05, 0.1) is 19.0 Å². The van der Waals surface area contributed by atoms with E-state index in [4.69, 9.17) is 10.8 Å². The van der Waals surface area contributed by atoms with Crippen LogP contribution in [0.2, 0.25) is 0 Å². The molecule has 1 heterocycles.